The van der Waals surface area contributed by atoms with E-state index in [1.54, 1.807) is 0 Å². The van der Waals surface area contributed by atoms with Crippen LogP contribution in [0.2, 0.25) is 0 Å². The Balaban J connectivity index is 0. The Morgan fingerprint density at radius 2 is 1.92 bits per heavy atom. The van der Waals surface area contributed by atoms with Gasteiger partial charge in [0.15, 0.2) is 0 Å². The van der Waals surface area contributed by atoms with Gasteiger partial charge in [-0.25, -0.2) is 4.79 Å². The highest BCUT2D eigenvalue weighted by Gasteiger charge is 1.90. The molecule has 2 heteroatoms. The molecule has 0 bridgehead atoms. The van der Waals surface area contributed by atoms with Gasteiger partial charge in [-0.1, -0.05) is 26.5 Å². The van der Waals surface area contributed by atoms with Crippen LogP contribution in [0.15, 0.2) is 24.8 Å². The van der Waals surface area contributed by atoms with Crippen molar-refractivity contribution in [3.63, 3.8) is 0 Å². The van der Waals surface area contributed by atoms with E-state index in [4.69, 9.17) is 5.11 Å². The van der Waals surface area contributed by atoms with E-state index in [0.29, 0.717) is 0 Å². The smallest absolute Gasteiger partial charge is 0.330 e. The number of allylic oxidation sites excluding steroid dienone is 1. The summed E-state index contributed by atoms with van der Waals surface area (Å²) < 4.78 is 0. The first-order chi connectivity index (χ1) is 5.41. The van der Waals surface area contributed by atoms with Gasteiger partial charge in [0.25, 0.3) is 0 Å². The van der Waals surface area contributed by atoms with Gasteiger partial charge in [-0.2, -0.15) is 0 Å². The summed E-state index contributed by atoms with van der Waals surface area (Å²) in [7, 11) is 0. The predicted molar refractivity (Wildman–Crippen MR) is 52.1 cm³/mol. The van der Waals surface area contributed by atoms with Crippen molar-refractivity contribution in [2.75, 3.05) is 0 Å². The maximum atomic E-state index is 9.60. The van der Waals surface area contributed by atoms with E-state index < -0.39 is 5.97 Å². The van der Waals surface area contributed by atoms with Crippen LogP contribution >= 0.6 is 0 Å². The molecule has 0 fully saturated rings. The molecule has 0 radical (unpaired) electrons. The molecule has 0 unspecified atom stereocenters. The van der Waals surface area contributed by atoms with Crippen molar-refractivity contribution in [3.05, 3.63) is 24.8 Å². The maximum absolute atomic E-state index is 9.60. The molecular weight excluding hydrogens is 152 g/mol. The van der Waals surface area contributed by atoms with Crippen molar-refractivity contribution in [2.45, 2.75) is 27.2 Å². The third kappa shape index (κ3) is 16.0. The van der Waals surface area contributed by atoms with E-state index in [9.17, 15) is 4.79 Å². The lowest BCUT2D eigenvalue weighted by molar-refractivity contribution is -0.132. The summed E-state index contributed by atoms with van der Waals surface area (Å²) in [6.07, 6.45) is 3.09. The molecule has 0 aliphatic carbocycles. The van der Waals surface area contributed by atoms with Gasteiger partial charge in [0, 0.05) is 5.57 Å². The molecule has 0 aliphatic heterocycles. The molecule has 12 heavy (non-hydrogen) atoms. The molecule has 0 aromatic rings. The van der Waals surface area contributed by atoms with Crippen molar-refractivity contribution >= 4 is 5.97 Å². The average molecular weight is 170 g/mol. The zero-order chi connectivity index (χ0) is 10.1. The van der Waals surface area contributed by atoms with Gasteiger partial charge < -0.3 is 5.11 Å². The number of rotatable bonds is 3. The standard InChI is InChI=1S/C6H12.C4H6O2/c1-4-5-6(2)3;1-3(2)4(5)6/h4,6H,1,5H2,2-3H3;1H2,2H3,(H,5,6). The van der Waals surface area contributed by atoms with Crippen LogP contribution in [0.25, 0.3) is 0 Å². The SMILES string of the molecule is C=C(C)C(=O)O.C=CCC(C)C. The zero-order valence-electron chi connectivity index (χ0n) is 8.13. The molecule has 0 spiro atoms. The van der Waals surface area contributed by atoms with E-state index in [2.05, 4.69) is 27.0 Å². The van der Waals surface area contributed by atoms with Crippen LogP contribution in [0.3, 0.4) is 0 Å². The fourth-order valence-corrected chi connectivity index (χ4v) is 0.333. The molecule has 0 aromatic heterocycles. The summed E-state index contributed by atoms with van der Waals surface area (Å²) in [6.45, 7) is 12.6. The summed E-state index contributed by atoms with van der Waals surface area (Å²) in [5.74, 6) is -0.155. The summed E-state index contributed by atoms with van der Waals surface area (Å²) in [4.78, 5) is 9.60. The van der Waals surface area contributed by atoms with Gasteiger partial charge >= 0.3 is 5.97 Å². The molecule has 0 heterocycles. The first-order valence-electron chi connectivity index (χ1n) is 3.91. The van der Waals surface area contributed by atoms with Crippen LogP contribution in [0.1, 0.15) is 27.2 Å². The number of carboxylic acids is 1. The highest BCUT2D eigenvalue weighted by atomic mass is 16.4. The molecular formula is C10H18O2. The highest BCUT2D eigenvalue weighted by molar-refractivity contribution is 5.84. The van der Waals surface area contributed by atoms with Crippen molar-refractivity contribution in [1.29, 1.82) is 0 Å². The summed E-state index contributed by atoms with van der Waals surface area (Å²) >= 11 is 0. The van der Waals surface area contributed by atoms with Crippen molar-refractivity contribution in [2.24, 2.45) is 5.92 Å². The Morgan fingerprint density at radius 3 is 1.92 bits per heavy atom. The third-order valence-corrected chi connectivity index (χ3v) is 1.00. The Bertz CT molecular complexity index is 145. The largest absolute Gasteiger partial charge is 0.478 e. The quantitative estimate of drug-likeness (QED) is 0.522. The molecule has 0 saturated carbocycles. The Kier molecular flexibility index (Phi) is 9.08. The lowest BCUT2D eigenvalue weighted by Gasteiger charge is -1.92. The van der Waals surface area contributed by atoms with Crippen LogP contribution in [-0.2, 0) is 4.79 Å². The number of carboxylic acid groups (broad SMARTS) is 1. The molecule has 0 aromatic carbocycles. The van der Waals surface area contributed by atoms with E-state index in [1.807, 2.05) is 6.08 Å². The molecule has 2 nitrogen and oxygen atoms in total. The molecule has 0 amide bonds. The predicted octanol–water partition coefficient (Wildman–Crippen LogP) is 2.87. The number of aliphatic carboxylic acids is 1. The van der Waals surface area contributed by atoms with Gasteiger partial charge in [-0.15, -0.1) is 6.58 Å². The Morgan fingerprint density at radius 1 is 1.58 bits per heavy atom. The van der Waals surface area contributed by atoms with E-state index in [0.717, 1.165) is 12.3 Å². The molecule has 1 N–H and O–H groups in total. The highest BCUT2D eigenvalue weighted by Crippen LogP contribution is 1.96. The lowest BCUT2D eigenvalue weighted by atomic mass is 10.1. The first kappa shape index (κ1) is 13.5. The molecule has 0 atom stereocenters. The van der Waals surface area contributed by atoms with Crippen LogP contribution in [0.4, 0.5) is 0 Å². The summed E-state index contributed by atoms with van der Waals surface area (Å²) in [6, 6.07) is 0. The van der Waals surface area contributed by atoms with Gasteiger partial charge in [-0.3, -0.25) is 0 Å². The fourth-order valence-electron chi connectivity index (χ4n) is 0.333. The Labute approximate surface area is 74.6 Å². The second-order valence-corrected chi connectivity index (χ2v) is 3.00. The van der Waals surface area contributed by atoms with Gasteiger partial charge in [0.1, 0.15) is 0 Å². The number of hydrogen-bond donors (Lipinski definition) is 1. The third-order valence-electron chi connectivity index (χ3n) is 1.00. The first-order valence-corrected chi connectivity index (χ1v) is 3.91. The molecule has 0 rings (SSSR count). The van der Waals surface area contributed by atoms with Crippen LogP contribution in [0, 0.1) is 5.92 Å². The van der Waals surface area contributed by atoms with Crippen molar-refractivity contribution in [3.8, 4) is 0 Å². The maximum Gasteiger partial charge on any atom is 0.330 e. The van der Waals surface area contributed by atoms with Crippen molar-refractivity contribution in [1.82, 2.24) is 0 Å². The molecule has 0 aliphatic rings. The van der Waals surface area contributed by atoms with Gasteiger partial charge in [-0.05, 0) is 19.3 Å². The lowest BCUT2D eigenvalue weighted by Crippen LogP contribution is -1.92. The minimum Gasteiger partial charge on any atom is -0.478 e. The summed E-state index contributed by atoms with van der Waals surface area (Å²) in [5.41, 5.74) is 0.176. The van der Waals surface area contributed by atoms with Gasteiger partial charge in [0.05, 0.1) is 0 Å². The fraction of sp³-hybridized carbons (Fsp3) is 0.500. The zero-order valence-corrected chi connectivity index (χ0v) is 8.13. The minimum absolute atomic E-state index is 0.176. The summed E-state index contributed by atoms with van der Waals surface area (Å²) in [5, 5.41) is 7.89. The van der Waals surface area contributed by atoms with E-state index >= 15 is 0 Å². The second-order valence-electron chi connectivity index (χ2n) is 3.00. The van der Waals surface area contributed by atoms with Gasteiger partial charge in [0.2, 0.25) is 0 Å². The van der Waals surface area contributed by atoms with Crippen molar-refractivity contribution < 1.29 is 9.90 Å². The Hall–Kier alpha value is -1.05. The second kappa shape index (κ2) is 8.05. The molecule has 70 valence electrons. The monoisotopic (exact) mass is 170 g/mol. The van der Waals surface area contributed by atoms with Crippen LogP contribution in [0.5, 0.6) is 0 Å². The molecule has 0 saturated heterocycles. The van der Waals surface area contributed by atoms with E-state index in [-0.39, 0.29) is 5.57 Å². The average Bonchev–Trinajstić information content (AvgIpc) is 1.87. The number of carbonyl (C=O) groups is 1. The number of hydrogen-bond acceptors (Lipinski definition) is 1. The minimum atomic E-state index is -0.935. The normalized spacial score (nSPS) is 8.33. The van der Waals surface area contributed by atoms with E-state index in [1.165, 1.54) is 6.92 Å². The van der Waals surface area contributed by atoms with Crippen LogP contribution in [-0.4, -0.2) is 11.1 Å². The topological polar surface area (TPSA) is 37.3 Å². The van der Waals surface area contributed by atoms with Crippen LogP contribution < -0.4 is 0 Å².